The molecule has 3 N–H and O–H groups in total. The quantitative estimate of drug-likeness (QED) is 0.429. The zero-order valence-electron chi connectivity index (χ0n) is 17.0. The van der Waals surface area contributed by atoms with E-state index < -0.39 is 10.0 Å². The average molecular weight is 423 g/mol. The van der Waals surface area contributed by atoms with E-state index >= 15 is 0 Å². The summed E-state index contributed by atoms with van der Waals surface area (Å²) in [4.78, 5) is 6.88. The first kappa shape index (κ1) is 22.4. The van der Waals surface area contributed by atoms with Gasteiger partial charge in [-0.05, 0) is 43.5 Å². The number of benzene rings is 1. The van der Waals surface area contributed by atoms with Crippen molar-refractivity contribution >= 4 is 27.3 Å². The van der Waals surface area contributed by atoms with Crippen molar-refractivity contribution in [2.45, 2.75) is 52.1 Å². The van der Waals surface area contributed by atoms with Crippen LogP contribution in [0.1, 0.15) is 41.7 Å². The fourth-order valence-electron chi connectivity index (χ4n) is 2.75. The Morgan fingerprint density at radius 2 is 1.68 bits per heavy atom. The summed E-state index contributed by atoms with van der Waals surface area (Å²) < 4.78 is 27.2. The van der Waals surface area contributed by atoms with Crippen LogP contribution in [0, 0.1) is 0 Å². The first-order valence-corrected chi connectivity index (χ1v) is 11.9. The van der Waals surface area contributed by atoms with Gasteiger partial charge in [0, 0.05) is 29.4 Å². The summed E-state index contributed by atoms with van der Waals surface area (Å²) in [6.45, 7) is 6.99. The Balaban J connectivity index is 1.97. The summed E-state index contributed by atoms with van der Waals surface area (Å²) in [6.07, 6.45) is 1.04. The van der Waals surface area contributed by atoms with Crippen molar-refractivity contribution in [3.8, 4) is 0 Å². The zero-order chi connectivity index (χ0) is 20.6. The monoisotopic (exact) mass is 422 g/mol. The topological polar surface area (TPSA) is 82.6 Å². The van der Waals surface area contributed by atoms with Gasteiger partial charge in [0.2, 0.25) is 10.0 Å². The number of aryl methyl sites for hydroxylation is 1. The lowest BCUT2D eigenvalue weighted by molar-refractivity contribution is 0.568. The molecule has 0 radical (unpaired) electrons. The minimum atomic E-state index is -3.37. The van der Waals surface area contributed by atoms with Crippen LogP contribution in [-0.2, 0) is 35.3 Å². The zero-order valence-corrected chi connectivity index (χ0v) is 18.6. The van der Waals surface area contributed by atoms with E-state index in [-0.39, 0.29) is 11.8 Å². The van der Waals surface area contributed by atoms with Crippen molar-refractivity contribution in [3.63, 3.8) is 0 Å². The normalized spacial score (nSPS) is 12.4. The fourth-order valence-corrected chi connectivity index (χ4v) is 5.14. The second-order valence-corrected chi connectivity index (χ2v) is 9.81. The molecule has 0 spiro atoms. The molecule has 0 bridgehead atoms. The number of guanidine groups is 1. The van der Waals surface area contributed by atoms with E-state index in [1.54, 1.807) is 18.4 Å². The lowest BCUT2D eigenvalue weighted by atomic mass is 10.1. The minimum Gasteiger partial charge on any atom is -0.352 e. The number of rotatable bonds is 9. The molecule has 0 saturated carbocycles. The van der Waals surface area contributed by atoms with Crippen LogP contribution in [-0.4, -0.2) is 27.5 Å². The van der Waals surface area contributed by atoms with Crippen LogP contribution in [0.4, 0.5) is 0 Å². The van der Waals surface area contributed by atoms with Gasteiger partial charge in [0.25, 0.3) is 0 Å². The third-order valence-corrected chi connectivity index (χ3v) is 6.80. The SMILES string of the molecule is CCc1ccc(CNC(=NC)NCc2ccccc2CS(=O)(=O)NC(C)C)s1. The second-order valence-electron chi connectivity index (χ2n) is 6.80. The number of thiophene rings is 1. The van der Waals surface area contributed by atoms with Crippen LogP contribution in [0.25, 0.3) is 0 Å². The van der Waals surface area contributed by atoms with Gasteiger partial charge in [-0.2, -0.15) is 0 Å². The lowest BCUT2D eigenvalue weighted by Gasteiger charge is -2.15. The molecule has 1 aromatic heterocycles. The summed E-state index contributed by atoms with van der Waals surface area (Å²) >= 11 is 1.79. The fraction of sp³-hybridized carbons (Fsp3) is 0.450. The Bertz CT molecular complexity index is 889. The summed E-state index contributed by atoms with van der Waals surface area (Å²) in [7, 11) is -1.64. The van der Waals surface area contributed by atoms with E-state index in [1.165, 1.54) is 9.75 Å². The van der Waals surface area contributed by atoms with Crippen molar-refractivity contribution in [2.24, 2.45) is 4.99 Å². The smallest absolute Gasteiger partial charge is 0.216 e. The van der Waals surface area contributed by atoms with Crippen molar-refractivity contribution < 1.29 is 8.42 Å². The molecule has 154 valence electrons. The van der Waals surface area contributed by atoms with Gasteiger partial charge in [0.15, 0.2) is 5.96 Å². The first-order valence-electron chi connectivity index (χ1n) is 9.42. The number of sulfonamides is 1. The first-order chi connectivity index (χ1) is 13.3. The van der Waals surface area contributed by atoms with Gasteiger partial charge in [-0.3, -0.25) is 4.99 Å². The van der Waals surface area contributed by atoms with Gasteiger partial charge in [-0.15, -0.1) is 11.3 Å². The van der Waals surface area contributed by atoms with E-state index in [9.17, 15) is 8.42 Å². The van der Waals surface area contributed by atoms with E-state index in [2.05, 4.69) is 39.4 Å². The molecule has 2 aromatic rings. The van der Waals surface area contributed by atoms with Crippen LogP contribution < -0.4 is 15.4 Å². The third kappa shape index (κ3) is 7.26. The molecule has 8 heteroatoms. The highest BCUT2D eigenvalue weighted by atomic mass is 32.2. The van der Waals surface area contributed by atoms with Crippen LogP contribution in [0.15, 0.2) is 41.4 Å². The summed E-state index contributed by atoms with van der Waals surface area (Å²) in [5.74, 6) is 0.647. The number of hydrogen-bond acceptors (Lipinski definition) is 4. The van der Waals surface area contributed by atoms with Crippen molar-refractivity contribution in [3.05, 3.63) is 57.3 Å². The standard InChI is InChI=1S/C20H30N4O2S2/c1-5-18-10-11-19(27-18)13-23-20(21-4)22-12-16-8-6-7-9-17(16)14-28(25,26)24-15(2)3/h6-11,15,24H,5,12-14H2,1-4H3,(H2,21,22,23). The van der Waals surface area contributed by atoms with Gasteiger partial charge in [0.1, 0.15) is 0 Å². The van der Waals surface area contributed by atoms with E-state index in [1.807, 2.05) is 38.1 Å². The Hall–Kier alpha value is -1.90. The van der Waals surface area contributed by atoms with Crippen LogP contribution in [0.3, 0.4) is 0 Å². The molecular weight excluding hydrogens is 392 g/mol. The van der Waals surface area contributed by atoms with Gasteiger partial charge in [-0.1, -0.05) is 31.2 Å². The average Bonchev–Trinajstić information content (AvgIpc) is 3.09. The molecule has 6 nitrogen and oxygen atoms in total. The maximum atomic E-state index is 12.3. The predicted octanol–water partition coefficient (Wildman–Crippen LogP) is 3.00. The second kappa shape index (κ2) is 10.6. The molecule has 0 amide bonds. The molecule has 0 saturated heterocycles. The molecule has 1 heterocycles. The highest BCUT2D eigenvalue weighted by Gasteiger charge is 2.15. The molecule has 2 rings (SSSR count). The molecule has 0 aliphatic rings. The predicted molar refractivity (Wildman–Crippen MR) is 118 cm³/mol. The van der Waals surface area contributed by atoms with Crippen molar-refractivity contribution in [1.82, 2.24) is 15.4 Å². The number of hydrogen-bond donors (Lipinski definition) is 3. The highest BCUT2D eigenvalue weighted by molar-refractivity contribution is 7.88. The summed E-state index contributed by atoms with van der Waals surface area (Å²) in [5.41, 5.74) is 1.72. The van der Waals surface area contributed by atoms with E-state index in [0.717, 1.165) is 17.5 Å². The van der Waals surface area contributed by atoms with Crippen molar-refractivity contribution in [2.75, 3.05) is 7.05 Å². The minimum absolute atomic E-state index is 0.0376. The van der Waals surface area contributed by atoms with Gasteiger partial charge in [0.05, 0.1) is 12.3 Å². The van der Waals surface area contributed by atoms with E-state index in [4.69, 9.17) is 0 Å². The number of nitrogens with zero attached hydrogens (tertiary/aromatic N) is 1. The maximum absolute atomic E-state index is 12.3. The Morgan fingerprint density at radius 3 is 2.29 bits per heavy atom. The molecule has 0 aliphatic carbocycles. The molecule has 0 atom stereocenters. The molecule has 0 aliphatic heterocycles. The Morgan fingerprint density at radius 1 is 1.04 bits per heavy atom. The highest BCUT2D eigenvalue weighted by Crippen LogP contribution is 2.16. The van der Waals surface area contributed by atoms with E-state index in [0.29, 0.717) is 19.0 Å². The summed E-state index contributed by atoms with van der Waals surface area (Å²) in [6, 6.07) is 11.7. The number of aliphatic imine (C=N–C) groups is 1. The molecular formula is C20H30N4O2S2. The van der Waals surface area contributed by atoms with Crippen LogP contribution in [0.5, 0.6) is 0 Å². The molecule has 0 fully saturated rings. The maximum Gasteiger partial charge on any atom is 0.216 e. The summed E-state index contributed by atoms with van der Waals surface area (Å²) in [5, 5.41) is 6.58. The van der Waals surface area contributed by atoms with Gasteiger partial charge in [-0.25, -0.2) is 13.1 Å². The molecule has 1 aromatic carbocycles. The van der Waals surface area contributed by atoms with Crippen LogP contribution >= 0.6 is 11.3 Å². The van der Waals surface area contributed by atoms with Crippen LogP contribution in [0.2, 0.25) is 0 Å². The lowest BCUT2D eigenvalue weighted by Crippen LogP contribution is -2.36. The van der Waals surface area contributed by atoms with Gasteiger partial charge < -0.3 is 10.6 Å². The van der Waals surface area contributed by atoms with Gasteiger partial charge >= 0.3 is 0 Å². The third-order valence-electron chi connectivity index (χ3n) is 4.04. The molecule has 0 unspecified atom stereocenters. The molecule has 28 heavy (non-hydrogen) atoms. The number of nitrogens with one attached hydrogen (secondary N) is 3. The Kier molecular flexibility index (Phi) is 8.47. The van der Waals surface area contributed by atoms with Crippen molar-refractivity contribution in [1.29, 1.82) is 0 Å². The Labute approximate surface area is 172 Å². The largest absolute Gasteiger partial charge is 0.352 e.